The van der Waals surface area contributed by atoms with Crippen LogP contribution in [0.5, 0.6) is 11.5 Å². The number of nitrogens with zero attached hydrogens (tertiary/aromatic N) is 2. The molecule has 0 fully saturated rings. The summed E-state index contributed by atoms with van der Waals surface area (Å²) in [5.74, 6) is 0.524. The van der Waals surface area contributed by atoms with Crippen molar-refractivity contribution in [2.75, 3.05) is 27.4 Å². The molecule has 10 nitrogen and oxygen atoms in total. The molecule has 2 heterocycles. The van der Waals surface area contributed by atoms with Crippen LogP contribution < -0.4 is 20.3 Å². The Morgan fingerprint density at radius 3 is 2.45 bits per heavy atom. The summed E-state index contributed by atoms with van der Waals surface area (Å²) < 4.78 is 10.7. The van der Waals surface area contributed by atoms with Gasteiger partial charge in [0.15, 0.2) is 0 Å². The summed E-state index contributed by atoms with van der Waals surface area (Å²) in [7, 11) is 3.03. The van der Waals surface area contributed by atoms with Gasteiger partial charge in [0.2, 0.25) is 5.91 Å². The van der Waals surface area contributed by atoms with Gasteiger partial charge in [0.1, 0.15) is 30.3 Å². The van der Waals surface area contributed by atoms with E-state index in [-0.39, 0.29) is 25.5 Å². The number of hydroxylamine groups is 1. The molecule has 2 unspecified atom stereocenters. The van der Waals surface area contributed by atoms with Crippen LogP contribution >= 0.6 is 0 Å². The van der Waals surface area contributed by atoms with E-state index in [2.05, 4.69) is 15.8 Å². The Hall–Kier alpha value is -4.41. The van der Waals surface area contributed by atoms with Gasteiger partial charge in [-0.05, 0) is 53.6 Å². The fraction of sp³-hybridized carbons (Fsp3) is 0.250. The predicted octanol–water partition coefficient (Wildman–Crippen LogP) is 2.52. The minimum absolute atomic E-state index is 0.0159. The molecule has 0 radical (unpaired) electrons. The fourth-order valence-electron chi connectivity index (χ4n) is 3.98. The Morgan fingerprint density at radius 2 is 1.79 bits per heavy atom. The summed E-state index contributed by atoms with van der Waals surface area (Å²) in [6.45, 7) is -0.0572. The maximum Gasteiger partial charge on any atom is 0.258 e. The average molecular weight is 519 g/mol. The van der Waals surface area contributed by atoms with E-state index in [1.807, 2.05) is 24.3 Å². The largest absolute Gasteiger partial charge is 0.497 e. The highest BCUT2D eigenvalue weighted by molar-refractivity contribution is 5.99. The first-order valence-electron chi connectivity index (χ1n) is 12.0. The van der Waals surface area contributed by atoms with Crippen molar-refractivity contribution in [1.82, 2.24) is 20.7 Å². The van der Waals surface area contributed by atoms with Crippen molar-refractivity contribution < 1.29 is 29.0 Å². The quantitative estimate of drug-likeness (QED) is 0.331. The molecule has 10 heteroatoms. The minimum Gasteiger partial charge on any atom is -0.497 e. The Balaban J connectivity index is 1.36. The van der Waals surface area contributed by atoms with Crippen molar-refractivity contribution in [3.05, 3.63) is 90.5 Å². The number of rotatable bonds is 11. The van der Waals surface area contributed by atoms with Crippen LogP contribution in [0.2, 0.25) is 0 Å². The van der Waals surface area contributed by atoms with E-state index < -0.39 is 18.1 Å². The SMILES string of the molecule is CONC1=CN(C(=O)c2ccc(-c3cccnc3)cc2)C(C(=O)NCC(O)COc2ccc(OC)cc2)C1. The number of hydrogen-bond acceptors (Lipinski definition) is 8. The summed E-state index contributed by atoms with van der Waals surface area (Å²) in [6, 6.07) is 17.0. The zero-order chi connectivity index (χ0) is 26.9. The molecule has 3 aromatic rings. The van der Waals surface area contributed by atoms with Crippen molar-refractivity contribution >= 4 is 11.8 Å². The first kappa shape index (κ1) is 26.6. The lowest BCUT2D eigenvalue weighted by atomic mass is 10.0. The lowest BCUT2D eigenvalue weighted by molar-refractivity contribution is -0.125. The maximum atomic E-state index is 13.3. The van der Waals surface area contributed by atoms with Crippen LogP contribution in [0.15, 0.2) is 85.0 Å². The standard InChI is InChI=1S/C28H30N4O6/c1-36-24-9-11-25(12-10-24)38-18-23(33)16-30-27(34)26-14-22(31-37-2)17-32(26)28(35)20-7-5-19(6-8-20)21-4-3-13-29-15-21/h3-13,15,17,23,26,31,33H,14,16,18H2,1-2H3,(H,30,34). The molecule has 198 valence electrons. The van der Waals surface area contributed by atoms with E-state index in [0.717, 1.165) is 11.1 Å². The van der Waals surface area contributed by atoms with E-state index >= 15 is 0 Å². The van der Waals surface area contributed by atoms with E-state index in [1.54, 1.807) is 62.1 Å². The lowest BCUT2D eigenvalue weighted by Crippen LogP contribution is -2.47. The summed E-state index contributed by atoms with van der Waals surface area (Å²) in [4.78, 5) is 36.9. The smallest absolute Gasteiger partial charge is 0.258 e. The average Bonchev–Trinajstić information content (AvgIpc) is 3.39. The zero-order valence-electron chi connectivity index (χ0n) is 21.2. The van der Waals surface area contributed by atoms with E-state index in [4.69, 9.17) is 14.3 Å². The van der Waals surface area contributed by atoms with E-state index in [1.165, 1.54) is 12.0 Å². The first-order chi connectivity index (χ1) is 18.5. The maximum absolute atomic E-state index is 13.3. The third kappa shape index (κ3) is 6.67. The Kier molecular flexibility index (Phi) is 8.91. The number of pyridine rings is 1. The normalized spacial score (nSPS) is 15.4. The number of benzene rings is 2. The molecule has 38 heavy (non-hydrogen) atoms. The van der Waals surface area contributed by atoms with Crippen LogP contribution in [0.1, 0.15) is 16.8 Å². The molecule has 4 rings (SSSR count). The Morgan fingerprint density at radius 1 is 1.05 bits per heavy atom. The summed E-state index contributed by atoms with van der Waals surface area (Å²) >= 11 is 0. The third-order valence-electron chi connectivity index (χ3n) is 5.95. The molecule has 1 aliphatic rings. The van der Waals surface area contributed by atoms with Gasteiger partial charge in [0.25, 0.3) is 5.91 Å². The van der Waals surface area contributed by atoms with Gasteiger partial charge in [-0.2, -0.15) is 0 Å². The van der Waals surface area contributed by atoms with Gasteiger partial charge in [0, 0.05) is 37.1 Å². The number of hydrogen-bond donors (Lipinski definition) is 3. The number of nitrogens with one attached hydrogen (secondary N) is 2. The highest BCUT2D eigenvalue weighted by Gasteiger charge is 2.35. The molecular formula is C28H30N4O6. The second kappa shape index (κ2) is 12.7. The number of ether oxygens (including phenoxy) is 2. The highest BCUT2D eigenvalue weighted by atomic mass is 16.6. The second-order valence-electron chi connectivity index (χ2n) is 8.60. The molecule has 3 N–H and O–H groups in total. The number of aliphatic hydroxyl groups is 1. The number of carbonyl (C=O) groups is 2. The van der Waals surface area contributed by atoms with Crippen molar-refractivity contribution in [2.24, 2.45) is 0 Å². The first-order valence-corrected chi connectivity index (χ1v) is 12.0. The fourth-order valence-corrected chi connectivity index (χ4v) is 3.98. The van der Waals surface area contributed by atoms with Crippen LogP contribution in [0, 0.1) is 0 Å². The Bertz CT molecular complexity index is 1250. The minimum atomic E-state index is -0.948. The predicted molar refractivity (Wildman–Crippen MR) is 140 cm³/mol. The van der Waals surface area contributed by atoms with Crippen molar-refractivity contribution in [3.8, 4) is 22.6 Å². The van der Waals surface area contributed by atoms with Crippen LogP contribution in [0.3, 0.4) is 0 Å². The molecule has 2 atom stereocenters. The van der Waals surface area contributed by atoms with Crippen molar-refractivity contribution in [3.63, 3.8) is 0 Å². The summed E-state index contributed by atoms with van der Waals surface area (Å²) in [6.07, 6.45) is 4.30. The third-order valence-corrected chi connectivity index (χ3v) is 5.95. The number of aromatic nitrogens is 1. The molecule has 1 aromatic heterocycles. The molecule has 0 spiro atoms. The monoisotopic (exact) mass is 518 g/mol. The van der Waals surface area contributed by atoms with Gasteiger partial charge in [-0.1, -0.05) is 18.2 Å². The molecular weight excluding hydrogens is 488 g/mol. The van der Waals surface area contributed by atoms with Gasteiger partial charge in [-0.3, -0.25) is 24.9 Å². The van der Waals surface area contributed by atoms with E-state index in [9.17, 15) is 14.7 Å². The van der Waals surface area contributed by atoms with Gasteiger partial charge >= 0.3 is 0 Å². The topological polar surface area (TPSA) is 122 Å². The van der Waals surface area contributed by atoms with Crippen LogP contribution in [-0.4, -0.2) is 66.3 Å². The van der Waals surface area contributed by atoms with E-state index in [0.29, 0.717) is 22.8 Å². The van der Waals surface area contributed by atoms with Gasteiger partial charge < -0.3 is 24.8 Å². The number of aliphatic hydroxyl groups excluding tert-OH is 1. The molecule has 0 saturated heterocycles. The van der Waals surface area contributed by atoms with Gasteiger partial charge in [-0.15, -0.1) is 0 Å². The highest BCUT2D eigenvalue weighted by Crippen LogP contribution is 2.25. The molecule has 0 bridgehead atoms. The van der Waals surface area contributed by atoms with Crippen molar-refractivity contribution in [1.29, 1.82) is 0 Å². The summed E-state index contributed by atoms with van der Waals surface area (Å²) in [5.41, 5.74) is 5.58. The Labute approximate surface area is 220 Å². The summed E-state index contributed by atoms with van der Waals surface area (Å²) in [5, 5.41) is 13.0. The lowest BCUT2D eigenvalue weighted by Gasteiger charge is -2.23. The second-order valence-corrected chi connectivity index (χ2v) is 8.60. The number of carbonyl (C=O) groups excluding carboxylic acids is 2. The van der Waals surface area contributed by atoms with Crippen LogP contribution in [0.4, 0.5) is 0 Å². The molecule has 0 aliphatic carbocycles. The van der Waals surface area contributed by atoms with Gasteiger partial charge in [0.05, 0.1) is 19.9 Å². The molecule has 2 amide bonds. The van der Waals surface area contributed by atoms with Crippen LogP contribution in [-0.2, 0) is 9.63 Å². The number of amides is 2. The zero-order valence-corrected chi connectivity index (χ0v) is 21.2. The molecule has 1 aliphatic heterocycles. The van der Waals surface area contributed by atoms with Crippen LogP contribution in [0.25, 0.3) is 11.1 Å². The van der Waals surface area contributed by atoms with Gasteiger partial charge in [-0.25, -0.2) is 0 Å². The number of methoxy groups -OCH3 is 1. The molecule has 2 aromatic carbocycles. The molecule has 0 saturated carbocycles. The van der Waals surface area contributed by atoms with Crippen molar-refractivity contribution in [2.45, 2.75) is 18.6 Å².